The summed E-state index contributed by atoms with van der Waals surface area (Å²) < 4.78 is 16.0. The van der Waals surface area contributed by atoms with E-state index in [4.69, 9.17) is 4.18 Å². The van der Waals surface area contributed by atoms with Crippen LogP contribution in [-0.4, -0.2) is 40.4 Å². The molecule has 0 fully saturated rings. The molecule has 2 nitrogen and oxygen atoms in total. The van der Waals surface area contributed by atoms with Crippen LogP contribution in [0.4, 0.5) is 0 Å². The number of rotatable bonds is 3. The predicted molar refractivity (Wildman–Crippen MR) is 50.2 cm³/mol. The van der Waals surface area contributed by atoms with Crippen LogP contribution in [0.15, 0.2) is 35.2 Å². The van der Waals surface area contributed by atoms with Gasteiger partial charge in [-0.15, -0.1) is 0 Å². The Morgan fingerprint density at radius 2 is 1.92 bits per heavy atom. The molecule has 61 valence electrons. The summed E-state index contributed by atoms with van der Waals surface area (Å²) in [4.78, 5) is 0.717. The molecule has 0 aliphatic rings. The van der Waals surface area contributed by atoms with Crippen LogP contribution in [0, 0.1) is 0 Å². The van der Waals surface area contributed by atoms with Gasteiger partial charge in [0.15, 0.2) is 11.1 Å². The van der Waals surface area contributed by atoms with Gasteiger partial charge in [0.1, 0.15) is 0 Å². The molecule has 0 heterocycles. The van der Waals surface area contributed by atoms with Crippen LogP contribution in [0.1, 0.15) is 6.92 Å². The molecule has 0 amide bonds. The van der Waals surface area contributed by atoms with E-state index in [0.29, 0.717) is 11.5 Å². The first-order valence-corrected chi connectivity index (χ1v) is 4.52. The zero-order valence-electron chi connectivity index (χ0n) is 7.32. The molecule has 0 aliphatic heterocycles. The smallest absolute Gasteiger partial charge is 0.189 e. The first-order chi connectivity index (χ1) is 5.34. The molecule has 1 aromatic carbocycles. The van der Waals surface area contributed by atoms with Crippen molar-refractivity contribution in [3.8, 4) is 0 Å². The van der Waals surface area contributed by atoms with Crippen molar-refractivity contribution in [3.05, 3.63) is 30.3 Å². The van der Waals surface area contributed by atoms with Gasteiger partial charge < -0.3 is 0 Å². The van der Waals surface area contributed by atoms with E-state index in [1.807, 2.05) is 25.1 Å². The summed E-state index contributed by atoms with van der Waals surface area (Å²) in [5.41, 5.74) is 0. The van der Waals surface area contributed by atoms with E-state index in [0.717, 1.165) is 0 Å². The molecule has 12 heavy (non-hydrogen) atoms. The van der Waals surface area contributed by atoms with Crippen molar-refractivity contribution in [3.63, 3.8) is 0 Å². The molecule has 1 atom stereocenters. The summed E-state index contributed by atoms with van der Waals surface area (Å²) in [6.07, 6.45) is 0. The third-order valence-electron chi connectivity index (χ3n) is 1.16. The SMILES string of the molecule is CCOS(=O)c1ccccc1.[Na]. The van der Waals surface area contributed by atoms with Gasteiger partial charge >= 0.3 is 0 Å². The van der Waals surface area contributed by atoms with Gasteiger partial charge in [0.2, 0.25) is 0 Å². The Morgan fingerprint density at radius 3 is 2.42 bits per heavy atom. The van der Waals surface area contributed by atoms with Gasteiger partial charge in [-0.2, -0.15) is 0 Å². The fourth-order valence-electron chi connectivity index (χ4n) is 0.707. The second-order valence-electron chi connectivity index (χ2n) is 1.95. The molecule has 1 unspecified atom stereocenters. The van der Waals surface area contributed by atoms with E-state index < -0.39 is 11.1 Å². The van der Waals surface area contributed by atoms with Crippen molar-refractivity contribution >= 4 is 40.6 Å². The Labute approximate surface area is 97.3 Å². The second kappa shape index (κ2) is 6.80. The topological polar surface area (TPSA) is 26.3 Å². The number of benzene rings is 1. The third-order valence-corrected chi connectivity index (χ3v) is 2.27. The van der Waals surface area contributed by atoms with Gasteiger partial charge in [0.25, 0.3) is 0 Å². The summed E-state index contributed by atoms with van der Waals surface area (Å²) in [6.45, 7) is 2.29. The molecule has 1 rings (SSSR count). The number of hydrogen-bond donors (Lipinski definition) is 0. The van der Waals surface area contributed by atoms with Crippen molar-refractivity contribution in [1.29, 1.82) is 0 Å². The summed E-state index contributed by atoms with van der Waals surface area (Å²) >= 11 is -1.28. The summed E-state index contributed by atoms with van der Waals surface area (Å²) in [6, 6.07) is 9.13. The molecule has 0 aromatic heterocycles. The monoisotopic (exact) mass is 193 g/mol. The molecule has 0 bridgehead atoms. The molecule has 0 saturated carbocycles. The predicted octanol–water partition coefficient (Wildman–Crippen LogP) is 1.36. The van der Waals surface area contributed by atoms with Crippen molar-refractivity contribution in [2.75, 3.05) is 6.61 Å². The minimum absolute atomic E-state index is 0. The second-order valence-corrected chi connectivity index (χ2v) is 3.13. The van der Waals surface area contributed by atoms with Gasteiger partial charge in [0.05, 0.1) is 11.5 Å². The quantitative estimate of drug-likeness (QED) is 0.677. The summed E-state index contributed by atoms with van der Waals surface area (Å²) in [7, 11) is 0. The average molecular weight is 193 g/mol. The van der Waals surface area contributed by atoms with Crippen LogP contribution in [-0.2, 0) is 15.3 Å². The van der Waals surface area contributed by atoms with E-state index in [2.05, 4.69) is 0 Å². The number of hydrogen-bond acceptors (Lipinski definition) is 2. The van der Waals surface area contributed by atoms with Crippen LogP contribution >= 0.6 is 0 Å². The van der Waals surface area contributed by atoms with Crippen LogP contribution in [0.5, 0.6) is 0 Å². The molecule has 1 radical (unpaired) electrons. The first-order valence-electron chi connectivity index (χ1n) is 3.44. The van der Waals surface area contributed by atoms with Gasteiger partial charge in [0, 0.05) is 29.6 Å². The molecular formula is C8H10NaO2S. The largest absolute Gasteiger partial charge is 0.287 e. The zero-order chi connectivity index (χ0) is 8.10. The minimum atomic E-state index is -1.28. The van der Waals surface area contributed by atoms with Gasteiger partial charge in [-0.05, 0) is 19.1 Å². The first kappa shape index (κ1) is 12.3. The van der Waals surface area contributed by atoms with Gasteiger partial charge in [-0.3, -0.25) is 4.18 Å². The van der Waals surface area contributed by atoms with Crippen molar-refractivity contribution in [2.45, 2.75) is 11.8 Å². The van der Waals surface area contributed by atoms with Crippen LogP contribution < -0.4 is 0 Å². The zero-order valence-corrected chi connectivity index (χ0v) is 10.1. The van der Waals surface area contributed by atoms with E-state index in [-0.39, 0.29) is 29.6 Å². The Hall–Kier alpha value is 0.330. The fraction of sp³-hybridized carbons (Fsp3) is 0.250. The Kier molecular flexibility index (Phi) is 6.99. The molecule has 0 N–H and O–H groups in total. The maximum absolute atomic E-state index is 11.1. The van der Waals surface area contributed by atoms with E-state index in [9.17, 15) is 4.21 Å². The van der Waals surface area contributed by atoms with E-state index >= 15 is 0 Å². The van der Waals surface area contributed by atoms with Crippen LogP contribution in [0.3, 0.4) is 0 Å². The third kappa shape index (κ3) is 3.83. The van der Waals surface area contributed by atoms with Crippen molar-refractivity contribution in [2.24, 2.45) is 0 Å². The molecule has 0 saturated heterocycles. The van der Waals surface area contributed by atoms with Crippen LogP contribution in [0.2, 0.25) is 0 Å². The summed E-state index contributed by atoms with van der Waals surface area (Å²) in [5.74, 6) is 0. The maximum Gasteiger partial charge on any atom is 0.189 e. The Morgan fingerprint density at radius 1 is 1.33 bits per heavy atom. The van der Waals surface area contributed by atoms with Gasteiger partial charge in [-0.1, -0.05) is 18.2 Å². The molecule has 0 spiro atoms. The normalized spacial score (nSPS) is 11.8. The van der Waals surface area contributed by atoms with Crippen molar-refractivity contribution in [1.82, 2.24) is 0 Å². The average Bonchev–Trinajstić information content (AvgIpc) is 2.07. The maximum atomic E-state index is 11.1. The molecule has 4 heteroatoms. The van der Waals surface area contributed by atoms with Crippen LogP contribution in [0.25, 0.3) is 0 Å². The summed E-state index contributed by atoms with van der Waals surface area (Å²) in [5, 5.41) is 0. The fourth-order valence-corrected chi connectivity index (χ4v) is 1.44. The Balaban J connectivity index is 0.00000121. The molecule has 0 aliphatic carbocycles. The minimum Gasteiger partial charge on any atom is -0.287 e. The molecular weight excluding hydrogens is 183 g/mol. The van der Waals surface area contributed by atoms with E-state index in [1.54, 1.807) is 12.1 Å². The standard InChI is InChI=1S/C8H10O2S.Na/c1-2-10-11(9)8-6-4-3-5-7-8;/h3-7H,2H2,1H3;. The van der Waals surface area contributed by atoms with E-state index in [1.165, 1.54) is 0 Å². The Bertz CT molecular complexity index is 238. The van der Waals surface area contributed by atoms with Gasteiger partial charge in [-0.25, -0.2) is 4.21 Å². The van der Waals surface area contributed by atoms with Crippen molar-refractivity contribution < 1.29 is 8.39 Å². The molecule has 1 aromatic rings.